The van der Waals surface area contributed by atoms with Crippen LogP contribution >= 0.6 is 0 Å². The van der Waals surface area contributed by atoms with Crippen LogP contribution in [-0.2, 0) is 16.1 Å². The summed E-state index contributed by atoms with van der Waals surface area (Å²) in [6.45, 7) is 1.23. The molecule has 8 nitrogen and oxygen atoms in total. The Labute approximate surface area is 119 Å². The Morgan fingerprint density at radius 3 is 3.19 bits per heavy atom. The molecule has 1 atom stereocenters. The summed E-state index contributed by atoms with van der Waals surface area (Å²) >= 11 is 0. The molecule has 2 aromatic heterocycles. The van der Waals surface area contributed by atoms with Crippen molar-refractivity contribution in [2.75, 3.05) is 13.2 Å². The molecule has 1 unspecified atom stereocenters. The number of carbonyl (C=O) groups excluding carboxylic acids is 1. The third-order valence-corrected chi connectivity index (χ3v) is 3.22. The molecule has 1 aliphatic rings. The molecule has 0 bridgehead atoms. The summed E-state index contributed by atoms with van der Waals surface area (Å²) in [7, 11) is 0. The Kier molecular flexibility index (Phi) is 3.78. The Hall–Kier alpha value is -2.48. The van der Waals surface area contributed by atoms with E-state index >= 15 is 0 Å². The Morgan fingerprint density at radius 2 is 2.43 bits per heavy atom. The van der Waals surface area contributed by atoms with E-state index in [2.05, 4.69) is 20.4 Å². The van der Waals surface area contributed by atoms with Crippen LogP contribution in [0.25, 0.3) is 11.4 Å². The molecule has 21 heavy (non-hydrogen) atoms. The van der Waals surface area contributed by atoms with Gasteiger partial charge in [-0.25, -0.2) is 0 Å². The summed E-state index contributed by atoms with van der Waals surface area (Å²) in [5.74, 6) is 0.413. The van der Waals surface area contributed by atoms with Crippen LogP contribution in [0.3, 0.4) is 0 Å². The van der Waals surface area contributed by atoms with Crippen LogP contribution in [0.15, 0.2) is 27.6 Å². The number of nitrogens with one attached hydrogen (secondary N) is 2. The first-order chi connectivity index (χ1) is 10.2. The van der Waals surface area contributed by atoms with Gasteiger partial charge in [-0.05, 0) is 12.5 Å². The number of rotatable bonds is 4. The molecule has 0 aliphatic carbocycles. The molecule has 8 heteroatoms. The second-order valence-electron chi connectivity index (χ2n) is 4.73. The second kappa shape index (κ2) is 5.88. The molecule has 1 aliphatic heterocycles. The van der Waals surface area contributed by atoms with Crippen LogP contribution < -0.4 is 10.9 Å². The van der Waals surface area contributed by atoms with Crippen LogP contribution in [0, 0.1) is 5.92 Å². The number of carbonyl (C=O) groups is 1. The van der Waals surface area contributed by atoms with Crippen molar-refractivity contribution in [3.8, 4) is 11.4 Å². The second-order valence-corrected chi connectivity index (χ2v) is 4.73. The molecule has 0 saturated carbocycles. The molecule has 2 N–H and O–H groups in total. The molecule has 2 aromatic rings. The van der Waals surface area contributed by atoms with Crippen molar-refractivity contribution in [3.05, 3.63) is 34.6 Å². The van der Waals surface area contributed by atoms with E-state index in [1.807, 2.05) is 0 Å². The van der Waals surface area contributed by atoms with Crippen molar-refractivity contribution in [3.63, 3.8) is 0 Å². The van der Waals surface area contributed by atoms with E-state index < -0.39 is 0 Å². The first-order valence-electron chi connectivity index (χ1n) is 6.59. The van der Waals surface area contributed by atoms with Crippen LogP contribution in [0.4, 0.5) is 0 Å². The topological polar surface area (TPSA) is 110 Å². The lowest BCUT2D eigenvalue weighted by atomic mass is 10.1. The molecule has 0 radical (unpaired) electrons. The molecule has 1 fully saturated rings. The van der Waals surface area contributed by atoms with Crippen molar-refractivity contribution in [2.45, 2.75) is 13.0 Å². The largest absolute Gasteiger partial charge is 0.381 e. The van der Waals surface area contributed by atoms with Gasteiger partial charge in [-0.3, -0.25) is 9.59 Å². The summed E-state index contributed by atoms with van der Waals surface area (Å²) in [6.07, 6.45) is 2.24. The smallest absolute Gasteiger partial charge is 0.248 e. The maximum Gasteiger partial charge on any atom is 0.248 e. The van der Waals surface area contributed by atoms with E-state index in [1.165, 1.54) is 12.3 Å². The van der Waals surface area contributed by atoms with Gasteiger partial charge in [0.05, 0.1) is 19.1 Å². The molecule has 110 valence electrons. The fourth-order valence-corrected chi connectivity index (χ4v) is 2.08. The number of aromatic nitrogens is 3. The normalized spacial score (nSPS) is 17.8. The summed E-state index contributed by atoms with van der Waals surface area (Å²) in [5.41, 5.74) is 0.317. The van der Waals surface area contributed by atoms with Gasteiger partial charge in [-0.1, -0.05) is 5.16 Å². The van der Waals surface area contributed by atoms with Crippen molar-refractivity contribution < 1.29 is 14.1 Å². The van der Waals surface area contributed by atoms with Crippen molar-refractivity contribution >= 4 is 5.91 Å². The van der Waals surface area contributed by atoms with Gasteiger partial charge in [0.2, 0.25) is 23.2 Å². The number of hydrogen-bond acceptors (Lipinski definition) is 6. The van der Waals surface area contributed by atoms with Crippen LogP contribution in [0.5, 0.6) is 0 Å². The first-order valence-corrected chi connectivity index (χ1v) is 6.59. The number of ether oxygens (including phenoxy) is 1. The highest BCUT2D eigenvalue weighted by Gasteiger charge is 2.23. The Bertz CT molecular complexity index is 687. The molecule has 3 rings (SSSR count). The fraction of sp³-hybridized carbons (Fsp3) is 0.385. The van der Waals surface area contributed by atoms with Gasteiger partial charge in [0.15, 0.2) is 0 Å². The third-order valence-electron chi connectivity index (χ3n) is 3.22. The maximum atomic E-state index is 11.8. The Morgan fingerprint density at radius 1 is 1.52 bits per heavy atom. The molecule has 0 aromatic carbocycles. The van der Waals surface area contributed by atoms with Gasteiger partial charge >= 0.3 is 0 Å². The van der Waals surface area contributed by atoms with Gasteiger partial charge < -0.3 is 19.6 Å². The zero-order valence-electron chi connectivity index (χ0n) is 11.2. The minimum absolute atomic E-state index is 0.0802. The molecule has 3 heterocycles. The van der Waals surface area contributed by atoms with E-state index in [-0.39, 0.29) is 29.8 Å². The van der Waals surface area contributed by atoms with Crippen molar-refractivity contribution in [2.24, 2.45) is 5.92 Å². The van der Waals surface area contributed by atoms with Crippen LogP contribution in [-0.4, -0.2) is 34.2 Å². The van der Waals surface area contributed by atoms with E-state index in [9.17, 15) is 9.59 Å². The monoisotopic (exact) mass is 290 g/mol. The highest BCUT2D eigenvalue weighted by molar-refractivity contribution is 5.78. The number of pyridine rings is 1. The number of hydrogen-bond donors (Lipinski definition) is 2. The Balaban J connectivity index is 1.62. The lowest BCUT2D eigenvalue weighted by Gasteiger charge is -2.06. The zero-order valence-corrected chi connectivity index (χ0v) is 11.2. The third kappa shape index (κ3) is 3.16. The van der Waals surface area contributed by atoms with Gasteiger partial charge in [0.1, 0.15) is 0 Å². The van der Waals surface area contributed by atoms with Gasteiger partial charge in [0, 0.05) is 24.4 Å². The number of aromatic amines is 1. The average molecular weight is 290 g/mol. The van der Waals surface area contributed by atoms with Crippen LogP contribution in [0.2, 0.25) is 0 Å². The molecule has 0 spiro atoms. The summed E-state index contributed by atoms with van der Waals surface area (Å²) < 4.78 is 10.2. The predicted molar refractivity (Wildman–Crippen MR) is 71.1 cm³/mol. The predicted octanol–water partition coefficient (Wildman–Crippen LogP) is 0.0776. The van der Waals surface area contributed by atoms with E-state index in [0.29, 0.717) is 24.6 Å². The summed E-state index contributed by atoms with van der Waals surface area (Å²) in [5, 5.41) is 6.52. The van der Waals surface area contributed by atoms with Gasteiger partial charge in [-0.15, -0.1) is 0 Å². The number of nitrogens with zero attached hydrogens (tertiary/aromatic N) is 2. The minimum atomic E-state index is -0.242. The molecule has 1 saturated heterocycles. The molecular weight excluding hydrogens is 276 g/mol. The first kappa shape index (κ1) is 13.5. The van der Waals surface area contributed by atoms with Gasteiger partial charge in [-0.2, -0.15) is 4.98 Å². The summed E-state index contributed by atoms with van der Waals surface area (Å²) in [6, 6.07) is 3.05. The van der Waals surface area contributed by atoms with E-state index in [4.69, 9.17) is 9.26 Å². The van der Waals surface area contributed by atoms with Crippen LogP contribution in [0.1, 0.15) is 12.3 Å². The molecular formula is C13H14N4O4. The lowest BCUT2D eigenvalue weighted by molar-refractivity contribution is -0.125. The zero-order chi connectivity index (χ0) is 14.7. The standard InChI is InChI=1S/C13H14N4O4/c18-10-5-8(1-3-14-10)12-16-11(21-17-12)6-15-13(19)9-2-4-20-7-9/h1,3,5,9H,2,4,6-7H2,(H,14,18)(H,15,19). The quantitative estimate of drug-likeness (QED) is 0.825. The van der Waals surface area contributed by atoms with E-state index in [1.54, 1.807) is 6.07 Å². The van der Waals surface area contributed by atoms with E-state index in [0.717, 1.165) is 6.42 Å². The fourth-order valence-electron chi connectivity index (χ4n) is 2.08. The number of amides is 1. The average Bonchev–Trinajstić information content (AvgIpc) is 3.16. The lowest BCUT2D eigenvalue weighted by Crippen LogP contribution is -2.30. The number of H-pyrrole nitrogens is 1. The van der Waals surface area contributed by atoms with Crippen molar-refractivity contribution in [1.29, 1.82) is 0 Å². The highest BCUT2D eigenvalue weighted by atomic mass is 16.5. The summed E-state index contributed by atoms with van der Waals surface area (Å²) in [4.78, 5) is 29.7. The minimum Gasteiger partial charge on any atom is -0.381 e. The van der Waals surface area contributed by atoms with Gasteiger partial charge in [0.25, 0.3) is 0 Å². The highest BCUT2D eigenvalue weighted by Crippen LogP contribution is 2.14. The van der Waals surface area contributed by atoms with Crippen molar-refractivity contribution in [1.82, 2.24) is 20.4 Å². The SMILES string of the molecule is O=C(NCc1nc(-c2cc[nH]c(=O)c2)no1)C1CCOC1. The molecule has 1 amide bonds. The maximum absolute atomic E-state index is 11.8.